The van der Waals surface area contributed by atoms with Crippen LogP contribution in [0.3, 0.4) is 0 Å². The molecule has 3 heteroatoms. The van der Waals surface area contributed by atoms with Gasteiger partial charge in [0.25, 0.3) is 0 Å². The molecule has 0 spiro atoms. The van der Waals surface area contributed by atoms with Gasteiger partial charge in [-0.25, -0.2) is 0 Å². The second kappa shape index (κ2) is 5.49. The van der Waals surface area contributed by atoms with Gasteiger partial charge in [-0.1, -0.05) is 6.92 Å². The van der Waals surface area contributed by atoms with Crippen LogP contribution in [0, 0.1) is 0 Å². The molecule has 1 rings (SSSR count). The van der Waals surface area contributed by atoms with Gasteiger partial charge >= 0.3 is 0 Å². The van der Waals surface area contributed by atoms with Crippen molar-refractivity contribution in [2.24, 2.45) is 0 Å². The number of nitrogen functional groups attached to an aromatic ring is 1. The largest absolute Gasteiger partial charge is 0.495 e. The third kappa shape index (κ3) is 2.78. The summed E-state index contributed by atoms with van der Waals surface area (Å²) in [5.74, 6) is 0.752. The molecule has 0 saturated heterocycles. The maximum absolute atomic E-state index is 5.77. The van der Waals surface area contributed by atoms with Crippen LogP contribution in [-0.4, -0.2) is 20.2 Å². The lowest BCUT2D eigenvalue weighted by atomic mass is 10.2. The van der Waals surface area contributed by atoms with Crippen molar-refractivity contribution >= 4 is 11.4 Å². The number of ether oxygens (including phenoxy) is 1. The Labute approximate surface area is 91.8 Å². The Kier molecular flexibility index (Phi) is 4.28. The fourth-order valence-electron chi connectivity index (χ4n) is 1.64. The minimum Gasteiger partial charge on any atom is -0.495 e. The Morgan fingerprint density at radius 3 is 2.60 bits per heavy atom. The van der Waals surface area contributed by atoms with Gasteiger partial charge in [0.1, 0.15) is 5.75 Å². The van der Waals surface area contributed by atoms with Crippen LogP contribution in [0.25, 0.3) is 0 Å². The van der Waals surface area contributed by atoms with E-state index in [9.17, 15) is 0 Å². The minimum atomic E-state index is 0.689. The van der Waals surface area contributed by atoms with Crippen LogP contribution in [0.1, 0.15) is 20.3 Å². The van der Waals surface area contributed by atoms with E-state index in [0.29, 0.717) is 5.69 Å². The summed E-state index contributed by atoms with van der Waals surface area (Å²) in [6, 6.07) is 5.93. The molecule has 0 amide bonds. The summed E-state index contributed by atoms with van der Waals surface area (Å²) in [5, 5.41) is 0. The number of benzene rings is 1. The SMILES string of the molecule is CCCN(CC)c1ccc(N)c(OC)c1. The molecule has 0 heterocycles. The van der Waals surface area contributed by atoms with Gasteiger partial charge in [-0.2, -0.15) is 0 Å². The molecular weight excluding hydrogens is 188 g/mol. The Hall–Kier alpha value is -1.38. The summed E-state index contributed by atoms with van der Waals surface area (Å²) in [7, 11) is 1.64. The molecule has 1 aromatic carbocycles. The molecule has 0 aliphatic carbocycles. The van der Waals surface area contributed by atoms with Crippen molar-refractivity contribution in [2.75, 3.05) is 30.8 Å². The van der Waals surface area contributed by atoms with Gasteiger partial charge in [0, 0.05) is 24.8 Å². The van der Waals surface area contributed by atoms with Crippen LogP contribution in [0.15, 0.2) is 18.2 Å². The van der Waals surface area contributed by atoms with Gasteiger partial charge in [-0.05, 0) is 25.5 Å². The van der Waals surface area contributed by atoms with E-state index in [2.05, 4.69) is 18.7 Å². The maximum Gasteiger partial charge on any atom is 0.143 e. The fourth-order valence-corrected chi connectivity index (χ4v) is 1.64. The summed E-state index contributed by atoms with van der Waals surface area (Å²) in [5.41, 5.74) is 7.63. The zero-order chi connectivity index (χ0) is 11.3. The average molecular weight is 208 g/mol. The molecule has 0 fully saturated rings. The molecule has 84 valence electrons. The van der Waals surface area contributed by atoms with Crippen LogP contribution in [0.5, 0.6) is 5.75 Å². The monoisotopic (exact) mass is 208 g/mol. The van der Waals surface area contributed by atoms with Crippen LogP contribution >= 0.6 is 0 Å². The normalized spacial score (nSPS) is 10.1. The third-order valence-electron chi connectivity index (χ3n) is 2.46. The highest BCUT2D eigenvalue weighted by Gasteiger charge is 2.06. The number of methoxy groups -OCH3 is 1. The van der Waals surface area contributed by atoms with Gasteiger partial charge in [-0.15, -0.1) is 0 Å². The summed E-state index contributed by atoms with van der Waals surface area (Å²) >= 11 is 0. The standard InChI is InChI=1S/C12H20N2O/c1-4-8-14(5-2)10-6-7-11(13)12(9-10)15-3/h6-7,9H,4-5,8,13H2,1-3H3. The molecule has 0 aliphatic heterocycles. The zero-order valence-electron chi connectivity index (χ0n) is 9.79. The summed E-state index contributed by atoms with van der Waals surface area (Å²) < 4.78 is 5.21. The first-order chi connectivity index (χ1) is 7.22. The fraction of sp³-hybridized carbons (Fsp3) is 0.500. The molecule has 0 bridgehead atoms. The number of rotatable bonds is 5. The lowest BCUT2D eigenvalue weighted by molar-refractivity contribution is 0.417. The Bertz CT molecular complexity index is 312. The molecule has 0 radical (unpaired) electrons. The highest BCUT2D eigenvalue weighted by molar-refractivity contribution is 5.62. The van der Waals surface area contributed by atoms with Crippen molar-refractivity contribution in [3.05, 3.63) is 18.2 Å². The Morgan fingerprint density at radius 2 is 2.07 bits per heavy atom. The molecule has 2 N–H and O–H groups in total. The highest BCUT2D eigenvalue weighted by Crippen LogP contribution is 2.27. The number of hydrogen-bond acceptors (Lipinski definition) is 3. The summed E-state index contributed by atoms with van der Waals surface area (Å²) in [6.07, 6.45) is 1.14. The number of nitrogens with two attached hydrogens (primary N) is 1. The first-order valence-electron chi connectivity index (χ1n) is 5.41. The quantitative estimate of drug-likeness (QED) is 0.756. The smallest absolute Gasteiger partial charge is 0.143 e. The van der Waals surface area contributed by atoms with Crippen LogP contribution in [0.2, 0.25) is 0 Å². The highest BCUT2D eigenvalue weighted by atomic mass is 16.5. The van der Waals surface area contributed by atoms with Crippen LogP contribution in [0.4, 0.5) is 11.4 Å². The third-order valence-corrected chi connectivity index (χ3v) is 2.46. The van der Waals surface area contributed by atoms with Crippen molar-refractivity contribution in [3.8, 4) is 5.75 Å². The first kappa shape index (κ1) is 11.7. The maximum atomic E-state index is 5.77. The predicted octanol–water partition coefficient (Wildman–Crippen LogP) is 2.51. The molecule has 15 heavy (non-hydrogen) atoms. The topological polar surface area (TPSA) is 38.5 Å². The Balaban J connectivity index is 2.92. The lowest BCUT2D eigenvalue weighted by Crippen LogP contribution is -2.23. The molecule has 0 saturated carbocycles. The van der Waals surface area contributed by atoms with Gasteiger partial charge in [0.15, 0.2) is 0 Å². The van der Waals surface area contributed by atoms with E-state index in [1.54, 1.807) is 7.11 Å². The molecule has 3 nitrogen and oxygen atoms in total. The van der Waals surface area contributed by atoms with E-state index >= 15 is 0 Å². The molecule has 0 aliphatic rings. The van der Waals surface area contributed by atoms with Gasteiger partial charge < -0.3 is 15.4 Å². The second-order valence-electron chi connectivity index (χ2n) is 3.51. The zero-order valence-corrected chi connectivity index (χ0v) is 9.79. The molecule has 0 aromatic heterocycles. The van der Waals surface area contributed by atoms with E-state index in [1.165, 1.54) is 5.69 Å². The van der Waals surface area contributed by atoms with E-state index in [4.69, 9.17) is 10.5 Å². The van der Waals surface area contributed by atoms with Crippen molar-refractivity contribution in [3.63, 3.8) is 0 Å². The minimum absolute atomic E-state index is 0.689. The summed E-state index contributed by atoms with van der Waals surface area (Å²) in [4.78, 5) is 2.31. The molecule has 0 unspecified atom stereocenters. The lowest BCUT2D eigenvalue weighted by Gasteiger charge is -2.23. The van der Waals surface area contributed by atoms with E-state index in [0.717, 1.165) is 25.3 Å². The van der Waals surface area contributed by atoms with E-state index in [1.807, 2.05) is 18.2 Å². The number of nitrogens with zero attached hydrogens (tertiary/aromatic N) is 1. The molecular formula is C12H20N2O. The summed E-state index contributed by atoms with van der Waals surface area (Å²) in [6.45, 7) is 6.39. The molecule has 1 aromatic rings. The Morgan fingerprint density at radius 1 is 1.33 bits per heavy atom. The van der Waals surface area contributed by atoms with Gasteiger partial charge in [0.2, 0.25) is 0 Å². The predicted molar refractivity (Wildman–Crippen MR) is 65.6 cm³/mol. The van der Waals surface area contributed by atoms with Crippen LogP contribution < -0.4 is 15.4 Å². The number of anilines is 2. The first-order valence-corrected chi connectivity index (χ1v) is 5.41. The van der Waals surface area contributed by atoms with Crippen molar-refractivity contribution in [1.29, 1.82) is 0 Å². The average Bonchev–Trinajstić information content (AvgIpc) is 2.27. The number of hydrogen-bond donors (Lipinski definition) is 1. The van der Waals surface area contributed by atoms with E-state index < -0.39 is 0 Å². The van der Waals surface area contributed by atoms with Crippen molar-refractivity contribution in [2.45, 2.75) is 20.3 Å². The second-order valence-corrected chi connectivity index (χ2v) is 3.51. The van der Waals surface area contributed by atoms with Crippen molar-refractivity contribution < 1.29 is 4.74 Å². The molecule has 0 atom stereocenters. The van der Waals surface area contributed by atoms with Gasteiger partial charge in [0.05, 0.1) is 12.8 Å². The van der Waals surface area contributed by atoms with E-state index in [-0.39, 0.29) is 0 Å². The van der Waals surface area contributed by atoms with Crippen LogP contribution in [-0.2, 0) is 0 Å². The van der Waals surface area contributed by atoms with Gasteiger partial charge in [-0.3, -0.25) is 0 Å². The van der Waals surface area contributed by atoms with Crippen molar-refractivity contribution in [1.82, 2.24) is 0 Å².